The van der Waals surface area contributed by atoms with E-state index in [9.17, 15) is 0 Å². The summed E-state index contributed by atoms with van der Waals surface area (Å²) in [6.07, 6.45) is 0.765. The zero-order valence-corrected chi connectivity index (χ0v) is 8.92. The molecule has 1 aliphatic rings. The quantitative estimate of drug-likeness (QED) is 0.552. The van der Waals surface area contributed by atoms with Gasteiger partial charge >= 0.3 is 0 Å². The Hall–Kier alpha value is -0.0800. The molecule has 0 aromatic rings. The van der Waals surface area contributed by atoms with Crippen molar-refractivity contribution >= 4 is 0 Å². The molecule has 0 amide bonds. The zero-order chi connectivity index (χ0) is 9.35. The predicted octanol–water partition coefficient (Wildman–Crippen LogP) is 1.89. The highest BCUT2D eigenvalue weighted by Crippen LogP contribution is 2.19. The van der Waals surface area contributed by atoms with E-state index in [4.69, 9.17) is 4.74 Å². The van der Waals surface area contributed by atoms with Crippen LogP contribution in [0.25, 0.3) is 0 Å². The minimum absolute atomic E-state index is 0.284. The van der Waals surface area contributed by atoms with Gasteiger partial charge in [-0.3, -0.25) is 4.90 Å². The summed E-state index contributed by atoms with van der Waals surface area (Å²) < 4.78 is 5.67. The molecule has 2 nitrogen and oxygen atoms in total. The third kappa shape index (κ3) is 2.46. The molecule has 0 N–H and O–H groups in total. The van der Waals surface area contributed by atoms with Gasteiger partial charge in [0, 0.05) is 18.6 Å². The monoisotopic (exact) mass is 171 g/mol. The molecule has 1 aliphatic heterocycles. The molecule has 0 radical (unpaired) electrons. The molecule has 1 saturated heterocycles. The Morgan fingerprint density at radius 3 is 1.83 bits per heavy atom. The number of morpholine rings is 1. The second-order valence-corrected chi connectivity index (χ2v) is 4.83. The molecule has 0 spiro atoms. The van der Waals surface area contributed by atoms with Gasteiger partial charge in [0.2, 0.25) is 0 Å². The molecule has 2 heteroatoms. The van der Waals surface area contributed by atoms with Crippen LogP contribution >= 0.6 is 0 Å². The van der Waals surface area contributed by atoms with Crippen LogP contribution in [-0.4, -0.2) is 35.7 Å². The molecule has 0 aromatic heterocycles. The normalized spacial score (nSPS) is 33.8. The molecule has 1 heterocycles. The zero-order valence-electron chi connectivity index (χ0n) is 8.92. The molecule has 2 atom stereocenters. The Labute approximate surface area is 75.9 Å². The third-order valence-corrected chi connectivity index (χ3v) is 2.37. The molecule has 0 saturated carbocycles. The maximum absolute atomic E-state index is 5.67. The van der Waals surface area contributed by atoms with E-state index in [1.807, 2.05) is 0 Å². The van der Waals surface area contributed by atoms with Crippen LogP contribution in [0.4, 0.5) is 0 Å². The van der Waals surface area contributed by atoms with Crippen molar-refractivity contribution < 1.29 is 4.74 Å². The largest absolute Gasteiger partial charge is 0.373 e. The maximum Gasteiger partial charge on any atom is 0.0678 e. The number of hydrogen-bond acceptors (Lipinski definition) is 2. The number of hydrogen-bond donors (Lipinski definition) is 0. The van der Waals surface area contributed by atoms with Crippen LogP contribution in [0.15, 0.2) is 0 Å². The summed E-state index contributed by atoms with van der Waals surface area (Å²) >= 11 is 0. The summed E-state index contributed by atoms with van der Waals surface area (Å²) in [6, 6.07) is 0. The molecule has 72 valence electrons. The van der Waals surface area contributed by atoms with E-state index in [1.54, 1.807) is 0 Å². The molecule has 0 bridgehead atoms. The minimum Gasteiger partial charge on any atom is -0.373 e. The van der Waals surface area contributed by atoms with Gasteiger partial charge in [-0.15, -0.1) is 0 Å². The average Bonchev–Trinajstić information content (AvgIpc) is 1.82. The number of rotatable bonds is 0. The van der Waals surface area contributed by atoms with Crippen LogP contribution in [0, 0.1) is 0 Å². The molecule has 1 rings (SSSR count). The highest BCUT2D eigenvalue weighted by Gasteiger charge is 2.29. The van der Waals surface area contributed by atoms with Crippen molar-refractivity contribution in [3.05, 3.63) is 0 Å². The predicted molar refractivity (Wildman–Crippen MR) is 51.3 cm³/mol. The van der Waals surface area contributed by atoms with Crippen molar-refractivity contribution in [3.8, 4) is 0 Å². The minimum atomic E-state index is 0.284. The van der Waals surface area contributed by atoms with E-state index >= 15 is 0 Å². The Balaban J connectivity index is 2.55. The molecular formula is C10H21NO. The van der Waals surface area contributed by atoms with Gasteiger partial charge < -0.3 is 4.74 Å². The van der Waals surface area contributed by atoms with Crippen molar-refractivity contribution in [2.24, 2.45) is 0 Å². The summed E-state index contributed by atoms with van der Waals surface area (Å²) in [6.45, 7) is 13.2. The van der Waals surface area contributed by atoms with Crippen molar-refractivity contribution in [2.45, 2.75) is 52.4 Å². The van der Waals surface area contributed by atoms with Gasteiger partial charge in [-0.05, 0) is 34.6 Å². The van der Waals surface area contributed by atoms with Gasteiger partial charge in [0.05, 0.1) is 12.2 Å². The first-order valence-electron chi connectivity index (χ1n) is 4.80. The van der Waals surface area contributed by atoms with E-state index < -0.39 is 0 Å². The lowest BCUT2D eigenvalue weighted by molar-refractivity contribution is -0.0924. The molecule has 12 heavy (non-hydrogen) atoms. The topological polar surface area (TPSA) is 12.5 Å². The van der Waals surface area contributed by atoms with Crippen molar-refractivity contribution in [1.82, 2.24) is 4.90 Å². The maximum atomic E-state index is 5.67. The Morgan fingerprint density at radius 1 is 1.08 bits per heavy atom. The van der Waals surface area contributed by atoms with Crippen LogP contribution in [0.2, 0.25) is 0 Å². The molecular weight excluding hydrogens is 150 g/mol. The van der Waals surface area contributed by atoms with E-state index in [2.05, 4.69) is 39.5 Å². The van der Waals surface area contributed by atoms with Crippen LogP contribution < -0.4 is 0 Å². The van der Waals surface area contributed by atoms with E-state index in [0.29, 0.717) is 12.2 Å². The van der Waals surface area contributed by atoms with Crippen molar-refractivity contribution in [1.29, 1.82) is 0 Å². The fraction of sp³-hybridized carbons (Fsp3) is 1.00. The van der Waals surface area contributed by atoms with Gasteiger partial charge in [-0.1, -0.05) is 0 Å². The summed E-state index contributed by atoms with van der Waals surface area (Å²) in [5.41, 5.74) is 0.284. The van der Waals surface area contributed by atoms with E-state index in [1.165, 1.54) is 0 Å². The van der Waals surface area contributed by atoms with Gasteiger partial charge in [-0.25, -0.2) is 0 Å². The van der Waals surface area contributed by atoms with Gasteiger partial charge in [0.1, 0.15) is 0 Å². The summed E-state index contributed by atoms with van der Waals surface area (Å²) in [5, 5.41) is 0. The van der Waals surface area contributed by atoms with Crippen LogP contribution in [0.5, 0.6) is 0 Å². The second-order valence-electron chi connectivity index (χ2n) is 4.83. The van der Waals surface area contributed by atoms with Gasteiger partial charge in [0.25, 0.3) is 0 Å². The highest BCUT2D eigenvalue weighted by molar-refractivity contribution is 4.82. The Morgan fingerprint density at radius 2 is 1.50 bits per heavy atom. The second kappa shape index (κ2) is 3.35. The Bertz CT molecular complexity index is 140. The first kappa shape index (κ1) is 10.0. The van der Waals surface area contributed by atoms with Gasteiger partial charge in [0.15, 0.2) is 0 Å². The Kier molecular flexibility index (Phi) is 2.79. The van der Waals surface area contributed by atoms with Crippen LogP contribution in [0.3, 0.4) is 0 Å². The summed E-state index contributed by atoms with van der Waals surface area (Å²) in [4.78, 5) is 2.49. The first-order valence-corrected chi connectivity index (χ1v) is 4.80. The lowest BCUT2D eigenvalue weighted by atomic mass is 10.0. The third-order valence-electron chi connectivity index (χ3n) is 2.37. The van der Waals surface area contributed by atoms with E-state index in [-0.39, 0.29) is 5.54 Å². The van der Waals surface area contributed by atoms with Crippen molar-refractivity contribution in [2.75, 3.05) is 13.1 Å². The lowest BCUT2D eigenvalue weighted by Crippen LogP contribution is -2.53. The molecule has 0 aromatic carbocycles. The molecule has 1 fully saturated rings. The molecule has 0 unspecified atom stereocenters. The van der Waals surface area contributed by atoms with Crippen LogP contribution in [-0.2, 0) is 4.74 Å². The smallest absolute Gasteiger partial charge is 0.0678 e. The molecule has 0 aliphatic carbocycles. The number of ether oxygens (including phenoxy) is 1. The van der Waals surface area contributed by atoms with Gasteiger partial charge in [-0.2, -0.15) is 0 Å². The average molecular weight is 171 g/mol. The fourth-order valence-electron chi connectivity index (χ4n) is 1.73. The standard InChI is InChI=1S/C10H21NO/c1-8-6-11(10(3,4)5)7-9(2)12-8/h8-9H,6-7H2,1-5H3/t8-,9-/m0/s1. The van der Waals surface area contributed by atoms with Crippen LogP contribution in [0.1, 0.15) is 34.6 Å². The fourth-order valence-corrected chi connectivity index (χ4v) is 1.73. The summed E-state index contributed by atoms with van der Waals surface area (Å²) in [5.74, 6) is 0. The highest BCUT2D eigenvalue weighted by atomic mass is 16.5. The first-order chi connectivity index (χ1) is 5.39. The van der Waals surface area contributed by atoms with E-state index in [0.717, 1.165) is 13.1 Å². The van der Waals surface area contributed by atoms with Crippen molar-refractivity contribution in [3.63, 3.8) is 0 Å². The lowest BCUT2D eigenvalue weighted by Gasteiger charge is -2.43. The summed E-state index contributed by atoms with van der Waals surface area (Å²) in [7, 11) is 0. The SMILES string of the molecule is C[C@H]1CN(C(C)(C)C)C[C@H](C)O1. The number of nitrogens with zero attached hydrogens (tertiary/aromatic N) is 1.